The van der Waals surface area contributed by atoms with Crippen LogP contribution in [0.15, 0.2) is 85.2 Å². The van der Waals surface area contributed by atoms with Crippen molar-refractivity contribution < 1.29 is 4.79 Å². The molecule has 3 aromatic heterocycles. The number of carbonyl (C=O) groups is 1. The largest absolute Gasteiger partial charge is 0.377 e. The van der Waals surface area contributed by atoms with Gasteiger partial charge in [0.15, 0.2) is 5.78 Å². The molecule has 2 atom stereocenters. The first kappa shape index (κ1) is 30.5. The monoisotopic (exact) mass is 587 g/mol. The molecule has 0 aliphatic carbocycles. The van der Waals surface area contributed by atoms with Crippen LogP contribution in [0, 0.1) is 5.92 Å². The molecule has 4 N–H and O–H groups in total. The lowest BCUT2D eigenvalue weighted by Gasteiger charge is -2.13. The molecule has 1 aliphatic heterocycles. The minimum absolute atomic E-state index is 0.179. The average molecular weight is 588 g/mol. The summed E-state index contributed by atoms with van der Waals surface area (Å²) in [5.41, 5.74) is 12.3. The molecular formula is C36H41N7O. The van der Waals surface area contributed by atoms with Gasteiger partial charge in [0, 0.05) is 36.0 Å². The Morgan fingerprint density at radius 3 is 2.77 bits per heavy atom. The molecular weight excluding hydrogens is 546 g/mol. The van der Waals surface area contributed by atoms with Gasteiger partial charge < -0.3 is 16.0 Å². The van der Waals surface area contributed by atoms with Crippen molar-refractivity contribution in [3.05, 3.63) is 108 Å². The van der Waals surface area contributed by atoms with Crippen molar-refractivity contribution in [2.24, 2.45) is 5.92 Å². The van der Waals surface area contributed by atoms with Gasteiger partial charge in [-0.2, -0.15) is 5.10 Å². The molecule has 44 heavy (non-hydrogen) atoms. The molecule has 0 saturated carbocycles. The van der Waals surface area contributed by atoms with Crippen LogP contribution >= 0.6 is 0 Å². The Balaban J connectivity index is 1.30. The highest BCUT2D eigenvalue weighted by molar-refractivity contribution is 5.90. The Kier molecular flexibility index (Phi) is 10.1. The number of aromatic amines is 1. The van der Waals surface area contributed by atoms with Gasteiger partial charge in [0.25, 0.3) is 0 Å². The fourth-order valence-corrected chi connectivity index (χ4v) is 5.38. The van der Waals surface area contributed by atoms with Crippen molar-refractivity contribution >= 4 is 39.3 Å². The number of aromatic nitrogens is 4. The van der Waals surface area contributed by atoms with Crippen LogP contribution in [-0.4, -0.2) is 32.5 Å². The van der Waals surface area contributed by atoms with Crippen LogP contribution in [0.3, 0.4) is 0 Å². The Morgan fingerprint density at radius 2 is 1.95 bits per heavy atom. The number of carbonyl (C=O) groups excluding carboxylic acids is 1. The molecule has 0 bridgehead atoms. The molecule has 2 unspecified atom stereocenters. The number of nitrogens with one attached hydrogen (secondary N) is 4. The van der Waals surface area contributed by atoms with E-state index >= 15 is 0 Å². The van der Waals surface area contributed by atoms with Crippen molar-refractivity contribution in [3.8, 4) is 0 Å². The molecule has 4 aromatic rings. The number of H-pyrrole nitrogens is 1. The van der Waals surface area contributed by atoms with Crippen molar-refractivity contribution in [1.82, 2.24) is 20.2 Å². The normalized spacial score (nSPS) is 14.9. The number of pyridine rings is 2. The van der Waals surface area contributed by atoms with Crippen LogP contribution in [0.4, 0.5) is 17.1 Å². The predicted molar refractivity (Wildman–Crippen MR) is 181 cm³/mol. The third-order valence-corrected chi connectivity index (χ3v) is 7.96. The minimum Gasteiger partial charge on any atom is -0.377 e. The molecule has 4 heterocycles. The maximum absolute atomic E-state index is 12.3. The summed E-state index contributed by atoms with van der Waals surface area (Å²) in [6, 6.07) is 8.41. The predicted octanol–water partition coefficient (Wildman–Crippen LogP) is 7.98. The Bertz CT molecular complexity index is 1740. The van der Waals surface area contributed by atoms with E-state index in [0.29, 0.717) is 25.3 Å². The third-order valence-electron chi connectivity index (χ3n) is 7.96. The summed E-state index contributed by atoms with van der Waals surface area (Å²) in [6.45, 7) is 8.56. The highest BCUT2D eigenvalue weighted by atomic mass is 16.1. The van der Waals surface area contributed by atoms with E-state index in [2.05, 4.69) is 99.0 Å². The van der Waals surface area contributed by atoms with Gasteiger partial charge >= 0.3 is 0 Å². The van der Waals surface area contributed by atoms with Crippen molar-refractivity contribution in [1.29, 1.82) is 0 Å². The summed E-state index contributed by atoms with van der Waals surface area (Å²) in [6.07, 6.45) is 20.4. The van der Waals surface area contributed by atoms with E-state index in [1.165, 1.54) is 5.57 Å². The maximum atomic E-state index is 12.3. The molecule has 8 heteroatoms. The second kappa shape index (κ2) is 14.5. The van der Waals surface area contributed by atoms with Crippen molar-refractivity contribution in [3.63, 3.8) is 0 Å². The number of hydrogen-bond acceptors (Lipinski definition) is 7. The number of Topliss-reactive ketones (excluding diaryl/α,β-unsaturated/α-hetero) is 1. The number of ketones is 1. The lowest BCUT2D eigenvalue weighted by atomic mass is 10.0. The van der Waals surface area contributed by atoms with Crippen LogP contribution in [0.5, 0.6) is 0 Å². The van der Waals surface area contributed by atoms with Gasteiger partial charge in [0.05, 0.1) is 41.0 Å². The maximum Gasteiger partial charge on any atom is 0.152 e. The van der Waals surface area contributed by atoms with Gasteiger partial charge in [-0.25, -0.2) is 0 Å². The smallest absolute Gasteiger partial charge is 0.152 e. The molecule has 1 aliphatic rings. The van der Waals surface area contributed by atoms with Crippen LogP contribution in [0.25, 0.3) is 16.5 Å². The first-order valence-electron chi connectivity index (χ1n) is 15.3. The number of fused-ring (bicyclic) bond motifs is 2. The fourth-order valence-electron chi connectivity index (χ4n) is 5.38. The highest BCUT2D eigenvalue weighted by Gasteiger charge is 2.27. The second-order valence-corrected chi connectivity index (χ2v) is 11.3. The molecule has 0 fully saturated rings. The summed E-state index contributed by atoms with van der Waals surface area (Å²) >= 11 is 0. The first-order chi connectivity index (χ1) is 21.5. The van der Waals surface area contributed by atoms with Crippen molar-refractivity contribution in [2.45, 2.75) is 59.5 Å². The minimum atomic E-state index is -0.179. The van der Waals surface area contributed by atoms with E-state index in [9.17, 15) is 4.79 Å². The van der Waals surface area contributed by atoms with Crippen molar-refractivity contribution in [2.75, 3.05) is 22.5 Å². The zero-order valence-corrected chi connectivity index (χ0v) is 25.9. The molecule has 0 radical (unpaired) electrons. The number of allylic oxidation sites excluding steroid dienone is 5. The first-order valence-corrected chi connectivity index (χ1v) is 15.3. The number of rotatable bonds is 13. The van der Waals surface area contributed by atoms with E-state index in [4.69, 9.17) is 0 Å². The summed E-state index contributed by atoms with van der Waals surface area (Å²) < 4.78 is 0. The Hall–Kier alpha value is -4.94. The van der Waals surface area contributed by atoms with Crippen LogP contribution in [0.1, 0.15) is 75.5 Å². The molecule has 1 aromatic carbocycles. The van der Waals surface area contributed by atoms with Gasteiger partial charge in [-0.15, -0.1) is 5.73 Å². The van der Waals surface area contributed by atoms with E-state index < -0.39 is 0 Å². The number of hydrogen-bond donors (Lipinski definition) is 4. The summed E-state index contributed by atoms with van der Waals surface area (Å²) in [4.78, 5) is 21.2. The van der Waals surface area contributed by atoms with Gasteiger partial charge in [-0.3, -0.25) is 19.9 Å². The van der Waals surface area contributed by atoms with E-state index in [1.54, 1.807) is 6.20 Å². The number of nitrogens with zero attached hydrogens (tertiary/aromatic N) is 3. The van der Waals surface area contributed by atoms with Gasteiger partial charge in [-0.05, 0) is 79.7 Å². The van der Waals surface area contributed by atoms with E-state index in [1.807, 2.05) is 43.7 Å². The molecule has 0 spiro atoms. The summed E-state index contributed by atoms with van der Waals surface area (Å²) in [5, 5.41) is 19.4. The zero-order chi connectivity index (χ0) is 30.9. The Morgan fingerprint density at radius 1 is 1.09 bits per heavy atom. The summed E-state index contributed by atoms with van der Waals surface area (Å²) in [5.74, 6) is 0.626. The fraction of sp³-hybridized carbons (Fsp3) is 0.306. The average Bonchev–Trinajstić information content (AvgIpc) is 3.66. The van der Waals surface area contributed by atoms with Crippen LogP contribution in [-0.2, 0) is 11.2 Å². The van der Waals surface area contributed by atoms with Gasteiger partial charge in [0.2, 0.25) is 0 Å². The molecule has 0 saturated heterocycles. The van der Waals surface area contributed by atoms with Crippen LogP contribution < -0.4 is 16.0 Å². The molecule has 0 amide bonds. The quantitative estimate of drug-likeness (QED) is 0.0928. The molecule has 8 nitrogen and oxygen atoms in total. The third kappa shape index (κ3) is 7.33. The second-order valence-electron chi connectivity index (χ2n) is 11.3. The van der Waals surface area contributed by atoms with Gasteiger partial charge in [0.1, 0.15) is 6.17 Å². The Labute approximate surface area is 259 Å². The highest BCUT2D eigenvalue weighted by Crippen LogP contribution is 2.41. The molecule has 226 valence electrons. The zero-order valence-electron chi connectivity index (χ0n) is 25.9. The summed E-state index contributed by atoms with van der Waals surface area (Å²) in [7, 11) is 0. The SMILES string of the molecule is CC=C=C/C=C\C/C(=C\C)c1cncc2c1NC(c1[nH]nc3ccc(Cc4cncc(NCC(=O)CC(C)CC)c4)cc13)N2. The van der Waals surface area contributed by atoms with E-state index in [-0.39, 0.29) is 11.9 Å². The standard InChI is InChI=1S/C36H41N7O/c1-5-8-9-10-11-12-27(7-3)31-22-38-23-33-34(31)41-36(40-33)35-30-18-25(13-14-32(30)42-43-35)16-26-17-28(20-37-19-26)39-21-29(44)15-24(4)6-2/h5,7,9-11,13-14,17-20,22-24,36,39-41H,6,12,15-16,21H2,1-4H3,(H,42,43)/b11-10-,27-7+. The lowest BCUT2D eigenvalue weighted by molar-refractivity contribution is -0.118. The van der Waals surface area contributed by atoms with Gasteiger partial charge in [-0.1, -0.05) is 44.6 Å². The van der Waals surface area contributed by atoms with Crippen LogP contribution in [0.2, 0.25) is 0 Å². The molecule has 5 rings (SSSR count). The topological polar surface area (TPSA) is 108 Å². The number of benzene rings is 1. The van der Waals surface area contributed by atoms with E-state index in [0.717, 1.165) is 63.2 Å². The number of anilines is 3. The lowest BCUT2D eigenvalue weighted by Crippen LogP contribution is -2.16.